The van der Waals surface area contributed by atoms with E-state index in [1.807, 2.05) is 25.1 Å². The Kier molecular flexibility index (Phi) is 3.65. The Balaban J connectivity index is 2.37. The molecule has 0 aliphatic rings. The number of aryl methyl sites for hydroxylation is 1. The first-order valence-corrected chi connectivity index (χ1v) is 6.31. The van der Waals surface area contributed by atoms with Crippen LogP contribution in [0.3, 0.4) is 0 Å². The van der Waals surface area contributed by atoms with E-state index >= 15 is 0 Å². The second kappa shape index (κ2) is 5.03. The standard InChI is InChI=1S/C14H10BrClO/c1-9-2-3-11(8-13(9)16)14(17)10-4-6-12(15)7-5-10/h2-8H,1H3. The number of rotatable bonds is 2. The molecule has 0 amide bonds. The van der Waals surface area contributed by atoms with Gasteiger partial charge in [0.05, 0.1) is 0 Å². The first-order chi connectivity index (χ1) is 8.08. The Morgan fingerprint density at radius 1 is 1.06 bits per heavy atom. The van der Waals surface area contributed by atoms with Crippen LogP contribution >= 0.6 is 27.5 Å². The molecule has 0 aliphatic carbocycles. The SMILES string of the molecule is Cc1ccc(C(=O)c2ccc(Br)cc2)cc1Cl. The Bertz CT molecular complexity index is 561. The fraction of sp³-hybridized carbons (Fsp3) is 0.0714. The van der Waals surface area contributed by atoms with Crippen LogP contribution in [0, 0.1) is 6.92 Å². The molecule has 0 spiro atoms. The molecule has 0 atom stereocenters. The van der Waals surface area contributed by atoms with Gasteiger partial charge in [-0.25, -0.2) is 0 Å². The molecular weight excluding hydrogens is 300 g/mol. The molecule has 0 aliphatic heterocycles. The third-order valence-corrected chi connectivity index (χ3v) is 3.48. The normalized spacial score (nSPS) is 10.3. The van der Waals surface area contributed by atoms with Gasteiger partial charge in [-0.3, -0.25) is 4.79 Å². The van der Waals surface area contributed by atoms with Crippen molar-refractivity contribution in [1.82, 2.24) is 0 Å². The summed E-state index contributed by atoms with van der Waals surface area (Å²) >= 11 is 9.35. The second-order valence-corrected chi connectivity index (χ2v) is 5.12. The van der Waals surface area contributed by atoms with E-state index in [1.54, 1.807) is 24.3 Å². The van der Waals surface area contributed by atoms with Crippen LogP contribution in [0.2, 0.25) is 5.02 Å². The highest BCUT2D eigenvalue weighted by Crippen LogP contribution is 2.20. The summed E-state index contributed by atoms with van der Waals surface area (Å²) in [5.41, 5.74) is 2.25. The molecule has 0 N–H and O–H groups in total. The van der Waals surface area contributed by atoms with Gasteiger partial charge in [0.2, 0.25) is 0 Å². The summed E-state index contributed by atoms with van der Waals surface area (Å²) in [7, 11) is 0. The molecule has 0 unspecified atom stereocenters. The molecule has 0 aromatic heterocycles. The van der Waals surface area contributed by atoms with Gasteiger partial charge in [0.15, 0.2) is 5.78 Å². The first-order valence-electron chi connectivity index (χ1n) is 5.14. The highest BCUT2D eigenvalue weighted by molar-refractivity contribution is 9.10. The lowest BCUT2D eigenvalue weighted by molar-refractivity contribution is 0.103. The van der Waals surface area contributed by atoms with Crippen LogP contribution in [0.1, 0.15) is 21.5 Å². The smallest absolute Gasteiger partial charge is 0.193 e. The Hall–Kier alpha value is -1.12. The molecule has 0 saturated heterocycles. The topological polar surface area (TPSA) is 17.1 Å². The van der Waals surface area contributed by atoms with E-state index in [9.17, 15) is 4.79 Å². The monoisotopic (exact) mass is 308 g/mol. The summed E-state index contributed by atoms with van der Waals surface area (Å²) in [6, 6.07) is 12.6. The molecule has 0 radical (unpaired) electrons. The fourth-order valence-corrected chi connectivity index (χ4v) is 1.95. The molecular formula is C14H10BrClO. The lowest BCUT2D eigenvalue weighted by Gasteiger charge is -2.03. The molecule has 0 saturated carbocycles. The molecule has 17 heavy (non-hydrogen) atoms. The Morgan fingerprint density at radius 3 is 2.24 bits per heavy atom. The average Bonchev–Trinajstić information content (AvgIpc) is 2.33. The van der Waals surface area contributed by atoms with E-state index in [0.29, 0.717) is 16.1 Å². The van der Waals surface area contributed by atoms with E-state index in [0.717, 1.165) is 10.0 Å². The number of halogens is 2. The molecule has 2 aromatic carbocycles. The quantitative estimate of drug-likeness (QED) is 0.738. The van der Waals surface area contributed by atoms with E-state index in [1.165, 1.54) is 0 Å². The predicted molar refractivity (Wildman–Crippen MR) is 73.8 cm³/mol. The van der Waals surface area contributed by atoms with Crippen LogP contribution in [-0.2, 0) is 0 Å². The van der Waals surface area contributed by atoms with Crippen molar-refractivity contribution < 1.29 is 4.79 Å². The van der Waals surface area contributed by atoms with Gasteiger partial charge in [0, 0.05) is 20.6 Å². The van der Waals surface area contributed by atoms with Gasteiger partial charge >= 0.3 is 0 Å². The molecule has 0 fully saturated rings. The van der Waals surface area contributed by atoms with Crippen LogP contribution in [0.4, 0.5) is 0 Å². The summed E-state index contributed by atoms with van der Waals surface area (Å²) in [5.74, 6) is -0.0144. The van der Waals surface area contributed by atoms with Gasteiger partial charge in [-0.15, -0.1) is 0 Å². The molecule has 1 nitrogen and oxygen atoms in total. The molecule has 86 valence electrons. The lowest BCUT2D eigenvalue weighted by atomic mass is 10.0. The van der Waals surface area contributed by atoms with Crippen molar-refractivity contribution in [3.8, 4) is 0 Å². The van der Waals surface area contributed by atoms with Crippen molar-refractivity contribution in [2.45, 2.75) is 6.92 Å². The summed E-state index contributed by atoms with van der Waals surface area (Å²) in [6.45, 7) is 1.91. The molecule has 3 heteroatoms. The lowest BCUT2D eigenvalue weighted by Crippen LogP contribution is -2.01. The summed E-state index contributed by atoms with van der Waals surface area (Å²) in [5, 5.41) is 0.618. The minimum atomic E-state index is -0.0144. The van der Waals surface area contributed by atoms with Crippen molar-refractivity contribution in [2.75, 3.05) is 0 Å². The number of carbonyl (C=O) groups is 1. The van der Waals surface area contributed by atoms with Crippen LogP contribution in [0.25, 0.3) is 0 Å². The number of hydrogen-bond donors (Lipinski definition) is 0. The zero-order chi connectivity index (χ0) is 12.4. The molecule has 0 heterocycles. The second-order valence-electron chi connectivity index (χ2n) is 3.80. The summed E-state index contributed by atoms with van der Waals surface area (Å²) in [4.78, 5) is 12.1. The maximum Gasteiger partial charge on any atom is 0.193 e. The number of benzene rings is 2. The van der Waals surface area contributed by atoms with E-state index in [-0.39, 0.29) is 5.78 Å². The average molecular weight is 310 g/mol. The number of hydrogen-bond acceptors (Lipinski definition) is 1. The van der Waals surface area contributed by atoms with Crippen LogP contribution in [0.15, 0.2) is 46.9 Å². The van der Waals surface area contributed by atoms with E-state index in [4.69, 9.17) is 11.6 Å². The van der Waals surface area contributed by atoms with Crippen LogP contribution in [0.5, 0.6) is 0 Å². The zero-order valence-corrected chi connectivity index (χ0v) is 11.5. The van der Waals surface area contributed by atoms with Gasteiger partial charge in [-0.2, -0.15) is 0 Å². The third kappa shape index (κ3) is 2.76. The Labute approximate surface area is 114 Å². The van der Waals surface area contributed by atoms with Gasteiger partial charge in [0.25, 0.3) is 0 Å². The van der Waals surface area contributed by atoms with Gasteiger partial charge < -0.3 is 0 Å². The third-order valence-electron chi connectivity index (χ3n) is 2.54. The zero-order valence-electron chi connectivity index (χ0n) is 9.21. The maximum atomic E-state index is 12.1. The number of ketones is 1. The highest BCUT2D eigenvalue weighted by Gasteiger charge is 2.09. The van der Waals surface area contributed by atoms with Gasteiger partial charge in [-0.1, -0.05) is 39.7 Å². The maximum absolute atomic E-state index is 12.1. The first kappa shape index (κ1) is 12.3. The van der Waals surface area contributed by atoms with Crippen molar-refractivity contribution in [3.63, 3.8) is 0 Å². The highest BCUT2D eigenvalue weighted by atomic mass is 79.9. The Morgan fingerprint density at radius 2 is 1.65 bits per heavy atom. The van der Waals surface area contributed by atoms with E-state index in [2.05, 4.69) is 15.9 Å². The minimum Gasteiger partial charge on any atom is -0.289 e. The van der Waals surface area contributed by atoms with Crippen molar-refractivity contribution in [3.05, 3.63) is 68.7 Å². The van der Waals surface area contributed by atoms with Crippen LogP contribution < -0.4 is 0 Å². The van der Waals surface area contributed by atoms with Crippen molar-refractivity contribution in [2.24, 2.45) is 0 Å². The largest absolute Gasteiger partial charge is 0.289 e. The number of carbonyl (C=O) groups excluding carboxylic acids is 1. The fourth-order valence-electron chi connectivity index (χ4n) is 1.50. The molecule has 2 rings (SSSR count). The van der Waals surface area contributed by atoms with Crippen molar-refractivity contribution >= 4 is 33.3 Å². The summed E-state index contributed by atoms with van der Waals surface area (Å²) in [6.07, 6.45) is 0. The minimum absolute atomic E-state index is 0.0144. The predicted octanol–water partition coefficient (Wildman–Crippen LogP) is 4.64. The van der Waals surface area contributed by atoms with E-state index < -0.39 is 0 Å². The molecule has 2 aromatic rings. The van der Waals surface area contributed by atoms with Crippen molar-refractivity contribution in [1.29, 1.82) is 0 Å². The van der Waals surface area contributed by atoms with Gasteiger partial charge in [-0.05, 0) is 42.8 Å². The molecule has 0 bridgehead atoms. The van der Waals surface area contributed by atoms with Crippen LogP contribution in [-0.4, -0.2) is 5.78 Å². The van der Waals surface area contributed by atoms with Gasteiger partial charge in [0.1, 0.15) is 0 Å². The summed E-state index contributed by atoms with van der Waals surface area (Å²) < 4.78 is 0.955.